The highest BCUT2D eigenvalue weighted by molar-refractivity contribution is 5.76. The molecule has 0 heterocycles. The Morgan fingerprint density at radius 3 is 1.21 bits per heavy atom. The lowest BCUT2D eigenvalue weighted by Gasteiger charge is -2.40. The Kier molecular flexibility index (Phi) is 39.9. The van der Waals surface area contributed by atoms with Crippen molar-refractivity contribution in [2.45, 2.75) is 307 Å². The summed E-state index contributed by atoms with van der Waals surface area (Å²) >= 11 is 0. The van der Waals surface area contributed by atoms with E-state index in [1.54, 1.807) is 0 Å². The van der Waals surface area contributed by atoms with Crippen molar-refractivity contribution in [3.8, 4) is 0 Å². The number of hydrogen-bond acceptors (Lipinski definition) is 8. The highest BCUT2D eigenvalue weighted by atomic mass is 16.5. The van der Waals surface area contributed by atoms with Crippen molar-refractivity contribution < 1.29 is 40.2 Å². The summed E-state index contributed by atoms with van der Waals surface area (Å²) in [5, 5.41) is 65.9. The first-order valence-electron chi connectivity index (χ1n) is 26.7. The highest BCUT2D eigenvalue weighted by Crippen LogP contribution is 2.28. The molecule has 0 bridgehead atoms. The third-order valence-electron chi connectivity index (χ3n) is 13.6. The summed E-state index contributed by atoms with van der Waals surface area (Å²) in [6, 6.07) is -0.905. The van der Waals surface area contributed by atoms with E-state index in [1.165, 1.54) is 193 Å². The molecule has 61 heavy (non-hydrogen) atoms. The van der Waals surface area contributed by atoms with Crippen molar-refractivity contribution in [2.75, 3.05) is 13.2 Å². The highest BCUT2D eigenvalue weighted by Gasteiger charge is 2.43. The topological polar surface area (TPSA) is 160 Å². The number of rotatable bonds is 45. The molecule has 1 aliphatic rings. The van der Waals surface area contributed by atoms with Gasteiger partial charge in [-0.2, -0.15) is 0 Å². The van der Waals surface area contributed by atoms with Crippen LogP contribution in [-0.2, 0) is 9.53 Å². The average molecular weight is 870 g/mol. The predicted molar refractivity (Wildman–Crippen MR) is 254 cm³/mol. The number of unbranched alkanes of at least 4 members (excludes halogenated alkanes) is 34. The van der Waals surface area contributed by atoms with Gasteiger partial charge in [0.25, 0.3) is 0 Å². The van der Waals surface area contributed by atoms with Crippen molar-refractivity contribution in [1.29, 1.82) is 0 Å². The summed E-state index contributed by atoms with van der Waals surface area (Å²) in [7, 11) is 0. The van der Waals surface area contributed by atoms with E-state index in [-0.39, 0.29) is 25.5 Å². The molecule has 9 heteroatoms. The van der Waals surface area contributed by atoms with Crippen LogP contribution in [0.5, 0.6) is 0 Å². The molecule has 1 aliphatic carbocycles. The molecule has 1 saturated carbocycles. The fourth-order valence-corrected chi connectivity index (χ4v) is 9.24. The number of carbonyl (C=O) groups excluding carboxylic acids is 1. The minimum absolute atomic E-state index is 0.119. The molecule has 0 radical (unpaired) electrons. The third kappa shape index (κ3) is 31.7. The Morgan fingerprint density at radius 2 is 0.852 bits per heavy atom. The summed E-state index contributed by atoms with van der Waals surface area (Å²) in [6.07, 6.45) is 39.8. The van der Waals surface area contributed by atoms with Crippen molar-refractivity contribution in [2.24, 2.45) is 5.92 Å². The van der Waals surface area contributed by atoms with Crippen LogP contribution in [-0.4, -0.2) is 92.4 Å². The fourth-order valence-electron chi connectivity index (χ4n) is 9.24. The van der Waals surface area contributed by atoms with Gasteiger partial charge in [-0.05, 0) is 19.3 Å². The van der Waals surface area contributed by atoms with E-state index in [0.717, 1.165) is 38.5 Å². The molecule has 1 amide bonds. The molecule has 1 fully saturated rings. The van der Waals surface area contributed by atoms with Crippen LogP contribution < -0.4 is 5.32 Å². The van der Waals surface area contributed by atoms with E-state index < -0.39 is 48.6 Å². The van der Waals surface area contributed by atoms with Gasteiger partial charge in [-0.15, -0.1) is 0 Å². The molecule has 0 unspecified atom stereocenters. The Hall–Kier alpha value is -0.810. The van der Waals surface area contributed by atoms with E-state index in [4.69, 9.17) is 4.74 Å². The first-order chi connectivity index (χ1) is 29.8. The average Bonchev–Trinajstić information content (AvgIpc) is 3.26. The molecule has 1 rings (SSSR count). The molecule has 0 aliphatic heterocycles. The van der Waals surface area contributed by atoms with Crippen LogP contribution in [0.25, 0.3) is 0 Å². The standard InChI is InChI=1S/C52H103NO8/c1-3-5-7-9-11-13-15-17-18-19-20-21-22-23-24-25-26-27-28-30-32-34-36-38-40-48(56)53-45(43-61-47-41-44(42-54)49(57)52(60)51(47)59)50(58)46(55)39-37-35-33-31-29-16-14-12-10-8-6-4-2/h44-47,49-52,54-55,57-60H,3-43H2,1-2H3,(H,53,56)/t44-,45+,46-,47+,49+,50+,51+,52+/m1/s1. The first kappa shape index (κ1) is 58.2. The SMILES string of the molecule is CCCCCCCCCCCCCCCCCCCCCCCCCCC(=O)N[C@@H](CO[C@H]1C[C@H](CO)[C@H](O)[C@H](O)[C@H]1O)[C@H](O)[C@H](O)CCCCCCCCCCCCCC. The van der Waals surface area contributed by atoms with Crippen LogP contribution >= 0.6 is 0 Å². The lowest BCUT2D eigenvalue weighted by molar-refractivity contribution is -0.182. The van der Waals surface area contributed by atoms with Gasteiger partial charge in [0.1, 0.15) is 18.3 Å². The van der Waals surface area contributed by atoms with Crippen LogP contribution in [0.2, 0.25) is 0 Å². The zero-order chi connectivity index (χ0) is 44.6. The van der Waals surface area contributed by atoms with E-state index in [2.05, 4.69) is 19.2 Å². The second kappa shape index (κ2) is 41.9. The molecule has 0 aromatic heterocycles. The zero-order valence-corrected chi connectivity index (χ0v) is 40.1. The summed E-state index contributed by atoms with van der Waals surface area (Å²) in [6.45, 7) is 3.98. The van der Waals surface area contributed by atoms with Crippen LogP contribution in [0.1, 0.15) is 264 Å². The Labute approximate surface area is 376 Å². The molecule has 7 N–H and O–H groups in total. The van der Waals surface area contributed by atoms with Gasteiger partial charge in [0, 0.05) is 18.9 Å². The maximum absolute atomic E-state index is 13.1. The number of amides is 1. The molecule has 8 atom stereocenters. The molecule has 364 valence electrons. The van der Waals surface area contributed by atoms with Crippen LogP contribution in [0.15, 0.2) is 0 Å². The maximum Gasteiger partial charge on any atom is 0.220 e. The Morgan fingerprint density at radius 1 is 0.508 bits per heavy atom. The summed E-state index contributed by atoms with van der Waals surface area (Å²) < 4.78 is 5.94. The molecule has 0 aromatic carbocycles. The van der Waals surface area contributed by atoms with Crippen LogP contribution in [0, 0.1) is 5.92 Å². The molecule has 0 saturated heterocycles. The normalized spacial score (nSPS) is 20.8. The lowest BCUT2D eigenvalue weighted by Crippen LogP contribution is -2.57. The largest absolute Gasteiger partial charge is 0.396 e. The van der Waals surface area contributed by atoms with E-state index >= 15 is 0 Å². The monoisotopic (exact) mass is 870 g/mol. The van der Waals surface area contributed by atoms with Gasteiger partial charge in [-0.1, -0.05) is 239 Å². The molecular weight excluding hydrogens is 767 g/mol. The van der Waals surface area contributed by atoms with Crippen molar-refractivity contribution in [3.05, 3.63) is 0 Å². The molecular formula is C52H103NO8. The summed E-state index contributed by atoms with van der Waals surface area (Å²) in [4.78, 5) is 13.1. The Balaban J connectivity index is 2.24. The maximum atomic E-state index is 13.1. The molecule has 9 nitrogen and oxygen atoms in total. The number of aliphatic hydroxyl groups excluding tert-OH is 6. The number of carbonyl (C=O) groups is 1. The second-order valence-electron chi connectivity index (χ2n) is 19.3. The Bertz CT molecular complexity index is 939. The quantitative estimate of drug-likeness (QED) is 0.0298. The number of ether oxygens (including phenoxy) is 1. The number of nitrogens with one attached hydrogen (secondary N) is 1. The lowest BCUT2D eigenvalue weighted by atomic mass is 9.81. The van der Waals surface area contributed by atoms with Crippen molar-refractivity contribution in [3.63, 3.8) is 0 Å². The van der Waals surface area contributed by atoms with Gasteiger partial charge in [0.05, 0.1) is 31.0 Å². The van der Waals surface area contributed by atoms with Gasteiger partial charge in [0.2, 0.25) is 5.91 Å². The third-order valence-corrected chi connectivity index (χ3v) is 13.6. The predicted octanol–water partition coefficient (Wildman–Crippen LogP) is 11.5. The van der Waals surface area contributed by atoms with E-state index in [9.17, 15) is 35.4 Å². The smallest absolute Gasteiger partial charge is 0.220 e. The van der Waals surface area contributed by atoms with Gasteiger partial charge < -0.3 is 40.7 Å². The summed E-state index contributed by atoms with van der Waals surface area (Å²) in [5.41, 5.74) is 0. The van der Waals surface area contributed by atoms with Gasteiger partial charge in [-0.3, -0.25) is 4.79 Å². The second-order valence-corrected chi connectivity index (χ2v) is 19.3. The minimum Gasteiger partial charge on any atom is -0.396 e. The minimum atomic E-state index is -1.48. The van der Waals surface area contributed by atoms with Crippen LogP contribution in [0.3, 0.4) is 0 Å². The van der Waals surface area contributed by atoms with Gasteiger partial charge in [0.15, 0.2) is 0 Å². The van der Waals surface area contributed by atoms with Crippen molar-refractivity contribution >= 4 is 5.91 Å². The number of hydrogen-bond donors (Lipinski definition) is 7. The van der Waals surface area contributed by atoms with E-state index in [1.807, 2.05) is 0 Å². The van der Waals surface area contributed by atoms with Crippen LogP contribution in [0.4, 0.5) is 0 Å². The van der Waals surface area contributed by atoms with E-state index in [0.29, 0.717) is 12.8 Å². The summed E-state index contributed by atoms with van der Waals surface area (Å²) in [5.74, 6) is -0.877. The molecule has 0 spiro atoms. The van der Waals surface area contributed by atoms with Crippen molar-refractivity contribution in [1.82, 2.24) is 5.32 Å². The van der Waals surface area contributed by atoms with Gasteiger partial charge in [-0.25, -0.2) is 0 Å². The van der Waals surface area contributed by atoms with Gasteiger partial charge >= 0.3 is 0 Å². The zero-order valence-electron chi connectivity index (χ0n) is 40.1. The first-order valence-corrected chi connectivity index (χ1v) is 26.7. The fraction of sp³-hybridized carbons (Fsp3) is 0.981. The molecule has 0 aromatic rings. The number of aliphatic hydroxyl groups is 6.